The van der Waals surface area contributed by atoms with Gasteiger partial charge in [-0.1, -0.05) is 20.8 Å². The third-order valence-electron chi connectivity index (χ3n) is 3.32. The molecular weight excluding hydrogens is 308 g/mol. The quantitative estimate of drug-likeness (QED) is 0.780. The highest BCUT2D eigenvalue weighted by molar-refractivity contribution is 7.89. The molecule has 0 aromatic carbocycles. The molecule has 0 aliphatic rings. The van der Waals surface area contributed by atoms with E-state index in [2.05, 4.69) is 15.0 Å². The molecule has 21 heavy (non-hydrogen) atoms. The Kier molecular flexibility index (Phi) is 5.23. The van der Waals surface area contributed by atoms with Crippen molar-refractivity contribution in [2.75, 3.05) is 11.9 Å². The zero-order valence-electron chi connectivity index (χ0n) is 12.6. The molecule has 0 saturated carbocycles. The van der Waals surface area contributed by atoms with Crippen molar-refractivity contribution in [2.24, 2.45) is 0 Å². The molecule has 0 aliphatic heterocycles. The number of fused-ring (bicyclic) bond motifs is 1. The van der Waals surface area contributed by atoms with Gasteiger partial charge in [-0.25, -0.2) is 18.1 Å². The van der Waals surface area contributed by atoms with Crippen LogP contribution in [0.4, 0.5) is 5.82 Å². The molecule has 8 heteroatoms. The van der Waals surface area contributed by atoms with Crippen molar-refractivity contribution in [1.82, 2.24) is 14.1 Å². The smallest absolute Gasteiger partial charge is 0.260 e. The lowest BCUT2D eigenvalue weighted by Crippen LogP contribution is -2.34. The van der Waals surface area contributed by atoms with Crippen LogP contribution in [0.3, 0.4) is 0 Å². The van der Waals surface area contributed by atoms with Crippen molar-refractivity contribution in [3.8, 4) is 0 Å². The first-order chi connectivity index (χ1) is 10.0. The van der Waals surface area contributed by atoms with Gasteiger partial charge in [0.25, 0.3) is 10.0 Å². The van der Waals surface area contributed by atoms with Crippen LogP contribution in [-0.4, -0.2) is 30.4 Å². The Morgan fingerprint density at radius 1 is 1.33 bits per heavy atom. The number of imidazole rings is 1. The third-order valence-corrected chi connectivity index (χ3v) is 5.62. The van der Waals surface area contributed by atoms with Crippen molar-refractivity contribution in [2.45, 2.75) is 51.1 Å². The fourth-order valence-corrected chi connectivity index (χ4v) is 4.55. The van der Waals surface area contributed by atoms with Gasteiger partial charge in [-0.05, 0) is 19.3 Å². The molecule has 0 radical (unpaired) electrons. The minimum absolute atomic E-state index is 0.0572. The summed E-state index contributed by atoms with van der Waals surface area (Å²) in [6, 6.07) is -0.0572. The number of aromatic nitrogens is 2. The summed E-state index contributed by atoms with van der Waals surface area (Å²) >= 11 is 1.42. The Hall–Kier alpha value is -1.12. The SMILES string of the molecule is CCCNc1nc2sccn2c1S(=O)(=O)NC(CC)CC. The van der Waals surface area contributed by atoms with Crippen LogP contribution in [-0.2, 0) is 10.0 Å². The summed E-state index contributed by atoms with van der Waals surface area (Å²) in [5.41, 5.74) is 0. The van der Waals surface area contributed by atoms with Crippen molar-refractivity contribution < 1.29 is 8.42 Å². The van der Waals surface area contributed by atoms with Crippen LogP contribution in [0.15, 0.2) is 16.6 Å². The van der Waals surface area contributed by atoms with E-state index in [1.54, 1.807) is 10.6 Å². The predicted octanol–water partition coefficient (Wildman–Crippen LogP) is 2.68. The molecule has 0 saturated heterocycles. The van der Waals surface area contributed by atoms with E-state index < -0.39 is 10.0 Å². The average molecular weight is 330 g/mol. The maximum Gasteiger partial charge on any atom is 0.260 e. The minimum Gasteiger partial charge on any atom is -0.368 e. The summed E-state index contributed by atoms with van der Waals surface area (Å²) in [6.45, 7) is 6.67. The monoisotopic (exact) mass is 330 g/mol. The fraction of sp³-hybridized carbons (Fsp3) is 0.615. The molecule has 2 rings (SSSR count). The molecule has 2 aromatic heterocycles. The highest BCUT2D eigenvalue weighted by atomic mass is 32.2. The first-order valence-corrected chi connectivity index (χ1v) is 9.61. The van der Waals surface area contributed by atoms with Crippen molar-refractivity contribution in [1.29, 1.82) is 0 Å². The topological polar surface area (TPSA) is 75.5 Å². The Bertz CT molecular complexity index is 686. The second-order valence-electron chi connectivity index (χ2n) is 4.88. The molecule has 6 nitrogen and oxygen atoms in total. The second-order valence-corrected chi connectivity index (χ2v) is 7.38. The first kappa shape index (κ1) is 16.3. The first-order valence-electron chi connectivity index (χ1n) is 7.25. The number of hydrogen-bond donors (Lipinski definition) is 2. The number of hydrogen-bond acceptors (Lipinski definition) is 5. The van der Waals surface area contributed by atoms with Crippen molar-refractivity contribution in [3.05, 3.63) is 11.6 Å². The number of nitrogens with one attached hydrogen (secondary N) is 2. The van der Waals surface area contributed by atoms with E-state index in [-0.39, 0.29) is 11.1 Å². The van der Waals surface area contributed by atoms with Crippen LogP contribution in [0, 0.1) is 0 Å². The number of anilines is 1. The van der Waals surface area contributed by atoms with Crippen LogP contribution >= 0.6 is 11.3 Å². The summed E-state index contributed by atoms with van der Waals surface area (Å²) in [7, 11) is -3.60. The Morgan fingerprint density at radius 2 is 2.05 bits per heavy atom. The van der Waals surface area contributed by atoms with E-state index in [1.165, 1.54) is 11.3 Å². The van der Waals surface area contributed by atoms with Gasteiger partial charge < -0.3 is 5.32 Å². The molecule has 0 fully saturated rings. The molecule has 0 aliphatic carbocycles. The van der Waals surface area contributed by atoms with E-state index >= 15 is 0 Å². The van der Waals surface area contributed by atoms with Gasteiger partial charge in [0.15, 0.2) is 15.8 Å². The van der Waals surface area contributed by atoms with E-state index in [1.807, 2.05) is 26.2 Å². The zero-order valence-corrected chi connectivity index (χ0v) is 14.2. The summed E-state index contributed by atoms with van der Waals surface area (Å²) in [6.07, 6.45) is 4.17. The number of sulfonamides is 1. The highest BCUT2D eigenvalue weighted by Crippen LogP contribution is 2.26. The minimum atomic E-state index is -3.60. The van der Waals surface area contributed by atoms with Gasteiger partial charge in [0.2, 0.25) is 0 Å². The molecule has 2 heterocycles. The van der Waals surface area contributed by atoms with Gasteiger partial charge in [0.1, 0.15) is 0 Å². The molecule has 2 N–H and O–H groups in total. The van der Waals surface area contributed by atoms with E-state index in [9.17, 15) is 8.42 Å². The van der Waals surface area contributed by atoms with Gasteiger partial charge >= 0.3 is 0 Å². The zero-order chi connectivity index (χ0) is 15.5. The molecular formula is C13H22N4O2S2. The molecule has 0 unspecified atom stereocenters. The van der Waals surface area contributed by atoms with Gasteiger partial charge in [0.05, 0.1) is 0 Å². The largest absolute Gasteiger partial charge is 0.368 e. The van der Waals surface area contributed by atoms with Gasteiger partial charge in [0, 0.05) is 24.2 Å². The Balaban J connectivity index is 2.44. The second kappa shape index (κ2) is 6.76. The summed E-state index contributed by atoms with van der Waals surface area (Å²) < 4.78 is 29.8. The van der Waals surface area contributed by atoms with E-state index in [4.69, 9.17) is 0 Å². The average Bonchev–Trinajstić information content (AvgIpc) is 3.02. The Morgan fingerprint density at radius 3 is 2.67 bits per heavy atom. The van der Waals surface area contributed by atoms with Crippen LogP contribution < -0.4 is 10.0 Å². The molecule has 0 spiro atoms. The molecule has 2 aromatic rings. The fourth-order valence-electron chi connectivity index (χ4n) is 2.11. The maximum atomic E-state index is 12.7. The van der Waals surface area contributed by atoms with Crippen LogP contribution in [0.2, 0.25) is 0 Å². The maximum absolute atomic E-state index is 12.7. The summed E-state index contributed by atoms with van der Waals surface area (Å²) in [4.78, 5) is 5.07. The van der Waals surface area contributed by atoms with Gasteiger partial charge in [-0.2, -0.15) is 0 Å². The van der Waals surface area contributed by atoms with Crippen LogP contribution in [0.25, 0.3) is 4.96 Å². The lowest BCUT2D eigenvalue weighted by atomic mass is 10.2. The van der Waals surface area contributed by atoms with E-state index in [0.717, 1.165) is 19.3 Å². The van der Waals surface area contributed by atoms with Crippen LogP contribution in [0.5, 0.6) is 0 Å². The van der Waals surface area contributed by atoms with E-state index in [0.29, 0.717) is 17.3 Å². The van der Waals surface area contributed by atoms with Gasteiger partial charge in [-0.15, -0.1) is 11.3 Å². The highest BCUT2D eigenvalue weighted by Gasteiger charge is 2.27. The van der Waals surface area contributed by atoms with Crippen molar-refractivity contribution >= 4 is 32.1 Å². The third kappa shape index (κ3) is 3.38. The number of rotatable bonds is 8. The van der Waals surface area contributed by atoms with Gasteiger partial charge in [-0.3, -0.25) is 4.40 Å². The summed E-state index contributed by atoms with van der Waals surface area (Å²) in [5, 5.41) is 5.15. The van der Waals surface area contributed by atoms with Crippen molar-refractivity contribution in [3.63, 3.8) is 0 Å². The predicted molar refractivity (Wildman–Crippen MR) is 86.5 cm³/mol. The summed E-state index contributed by atoms with van der Waals surface area (Å²) in [5.74, 6) is 0.433. The standard InChI is InChI=1S/C13H22N4O2S2/c1-4-7-14-11-12(17-8-9-20-13(17)15-11)21(18,19)16-10(5-2)6-3/h8-10,14,16H,4-7H2,1-3H3. The normalized spacial score (nSPS) is 12.4. The van der Waals surface area contributed by atoms with Crippen LogP contribution in [0.1, 0.15) is 40.0 Å². The molecule has 0 bridgehead atoms. The Labute approximate surface area is 129 Å². The molecule has 0 atom stereocenters. The lowest BCUT2D eigenvalue weighted by Gasteiger charge is -2.15. The number of thiazole rings is 1. The number of nitrogens with zero attached hydrogens (tertiary/aromatic N) is 2. The molecule has 0 amide bonds. The lowest BCUT2D eigenvalue weighted by molar-refractivity contribution is 0.527. The molecule has 118 valence electrons.